The molecule has 0 spiro atoms. The molecule has 1 aliphatic rings. The highest BCUT2D eigenvalue weighted by atomic mass is 16.4. The molecule has 1 fully saturated rings. The molecule has 220 valence electrons. The van der Waals surface area contributed by atoms with Crippen LogP contribution in [0.2, 0.25) is 0 Å². The van der Waals surface area contributed by atoms with Crippen LogP contribution in [0.15, 0.2) is 24.3 Å². The SMILES string of the molecule is CC(C)C[C@H](NC(=O)CNC(=O)[C@@H]1CCCN1C(=O)[C@H](CC(=O)O)NC(=O)[C@@H](N)Cc1ccc(O)cc1)C(N)=O. The van der Waals surface area contributed by atoms with E-state index in [0.29, 0.717) is 18.4 Å². The number of hydrogen-bond acceptors (Lipinski definition) is 8. The zero-order valence-corrected chi connectivity index (χ0v) is 22.6. The number of benzene rings is 1. The van der Waals surface area contributed by atoms with Gasteiger partial charge in [-0.05, 0) is 49.3 Å². The molecule has 9 N–H and O–H groups in total. The van der Waals surface area contributed by atoms with Gasteiger partial charge in [-0.25, -0.2) is 0 Å². The summed E-state index contributed by atoms with van der Waals surface area (Å²) >= 11 is 0. The average Bonchev–Trinajstić information content (AvgIpc) is 3.37. The highest BCUT2D eigenvalue weighted by Gasteiger charge is 2.39. The van der Waals surface area contributed by atoms with E-state index in [4.69, 9.17) is 11.5 Å². The Kier molecular flexibility index (Phi) is 11.9. The summed E-state index contributed by atoms with van der Waals surface area (Å²) in [5.74, 6) is -4.69. The summed E-state index contributed by atoms with van der Waals surface area (Å²) in [6, 6.07) is 1.56. The number of hydrogen-bond donors (Lipinski definition) is 7. The highest BCUT2D eigenvalue weighted by molar-refractivity contribution is 5.96. The fourth-order valence-electron chi connectivity index (χ4n) is 4.38. The molecule has 1 aromatic rings. The molecule has 0 aromatic heterocycles. The summed E-state index contributed by atoms with van der Waals surface area (Å²) in [6.07, 6.45) is 0.390. The largest absolute Gasteiger partial charge is 0.508 e. The monoisotopic (exact) mass is 562 g/mol. The Morgan fingerprint density at radius 1 is 1.05 bits per heavy atom. The predicted octanol–water partition coefficient (Wildman–Crippen LogP) is -1.66. The first kappa shape index (κ1) is 32.0. The molecule has 2 rings (SSSR count). The van der Waals surface area contributed by atoms with Gasteiger partial charge in [-0.2, -0.15) is 0 Å². The third-order valence-corrected chi connectivity index (χ3v) is 6.37. The Hall–Kier alpha value is -4.20. The first-order valence-corrected chi connectivity index (χ1v) is 13.0. The predicted molar refractivity (Wildman–Crippen MR) is 142 cm³/mol. The van der Waals surface area contributed by atoms with Crippen molar-refractivity contribution < 1.29 is 39.0 Å². The number of carboxylic acids is 1. The molecule has 0 radical (unpaired) electrons. The van der Waals surface area contributed by atoms with Gasteiger partial charge in [0.15, 0.2) is 0 Å². The van der Waals surface area contributed by atoms with Gasteiger partial charge >= 0.3 is 5.97 Å². The van der Waals surface area contributed by atoms with Crippen LogP contribution in [0.1, 0.15) is 45.1 Å². The van der Waals surface area contributed by atoms with Gasteiger partial charge in [0.2, 0.25) is 29.5 Å². The molecule has 40 heavy (non-hydrogen) atoms. The molecule has 14 heteroatoms. The molecule has 0 aliphatic carbocycles. The maximum Gasteiger partial charge on any atom is 0.305 e. The summed E-state index contributed by atoms with van der Waals surface area (Å²) in [7, 11) is 0. The summed E-state index contributed by atoms with van der Waals surface area (Å²) < 4.78 is 0. The number of phenols is 1. The van der Waals surface area contributed by atoms with Gasteiger partial charge in [0, 0.05) is 6.54 Å². The maximum atomic E-state index is 13.3. The minimum Gasteiger partial charge on any atom is -0.508 e. The molecule has 0 unspecified atom stereocenters. The van der Waals surface area contributed by atoms with Crippen LogP contribution in [0, 0.1) is 5.92 Å². The van der Waals surface area contributed by atoms with Crippen LogP contribution in [0.25, 0.3) is 0 Å². The van der Waals surface area contributed by atoms with Crippen molar-refractivity contribution in [3.63, 3.8) is 0 Å². The molecular weight excluding hydrogens is 524 g/mol. The molecule has 1 aromatic carbocycles. The van der Waals surface area contributed by atoms with Gasteiger partial charge in [0.25, 0.3) is 0 Å². The lowest BCUT2D eigenvalue weighted by Gasteiger charge is -2.28. The Bertz CT molecular complexity index is 1090. The average molecular weight is 563 g/mol. The van der Waals surface area contributed by atoms with E-state index < -0.39 is 72.6 Å². The standard InChI is InChI=1S/C26H38N6O8/c1-14(2)10-18(23(28)37)30-21(34)13-29-25(39)20-4-3-9-32(20)26(40)19(12-22(35)36)31-24(38)17(27)11-15-5-7-16(33)8-6-15/h5-8,14,17-20,33H,3-4,9-13,27H2,1-2H3,(H2,28,37)(H,29,39)(H,30,34)(H,31,38)(H,35,36)/t17-,18-,19-,20-/m0/s1. The fourth-order valence-corrected chi connectivity index (χ4v) is 4.38. The number of nitrogens with one attached hydrogen (secondary N) is 3. The number of likely N-dealkylation sites (tertiary alicyclic amines) is 1. The molecule has 4 atom stereocenters. The second-order valence-electron chi connectivity index (χ2n) is 10.2. The Balaban J connectivity index is 2.01. The molecule has 14 nitrogen and oxygen atoms in total. The number of nitrogens with zero attached hydrogens (tertiary/aromatic N) is 1. The Morgan fingerprint density at radius 2 is 1.70 bits per heavy atom. The second-order valence-corrected chi connectivity index (χ2v) is 10.2. The molecule has 0 bridgehead atoms. The van der Waals surface area contributed by atoms with Gasteiger partial charge < -0.3 is 42.5 Å². The number of nitrogens with two attached hydrogens (primary N) is 2. The van der Waals surface area contributed by atoms with Crippen LogP contribution in [0.3, 0.4) is 0 Å². The van der Waals surface area contributed by atoms with Crippen molar-refractivity contribution in [3.8, 4) is 5.75 Å². The summed E-state index contributed by atoms with van der Waals surface area (Å²) in [6.45, 7) is 3.41. The number of carboxylic acid groups (broad SMARTS) is 1. The molecule has 5 amide bonds. The number of phenolic OH excluding ortho intramolecular Hbond substituents is 1. The normalized spacial score (nSPS) is 17.0. The van der Waals surface area contributed by atoms with Crippen molar-refractivity contribution >= 4 is 35.5 Å². The number of aromatic hydroxyl groups is 1. The number of rotatable bonds is 14. The van der Waals surface area contributed by atoms with E-state index in [1.165, 1.54) is 17.0 Å². The van der Waals surface area contributed by atoms with Gasteiger partial charge in [0.1, 0.15) is 23.9 Å². The second kappa shape index (κ2) is 14.8. The minimum absolute atomic E-state index is 0.0414. The van der Waals surface area contributed by atoms with E-state index >= 15 is 0 Å². The van der Waals surface area contributed by atoms with Crippen molar-refractivity contribution in [2.45, 2.75) is 70.1 Å². The first-order chi connectivity index (χ1) is 18.8. The van der Waals surface area contributed by atoms with E-state index in [9.17, 15) is 39.0 Å². The molecule has 0 saturated carbocycles. The van der Waals surface area contributed by atoms with Crippen LogP contribution in [-0.4, -0.2) is 87.9 Å². The van der Waals surface area contributed by atoms with E-state index in [1.807, 2.05) is 13.8 Å². The number of primary amides is 1. The fraction of sp³-hybridized carbons (Fsp3) is 0.538. The molecular formula is C26H38N6O8. The number of aliphatic carboxylic acids is 1. The smallest absolute Gasteiger partial charge is 0.305 e. The Morgan fingerprint density at radius 3 is 2.27 bits per heavy atom. The maximum absolute atomic E-state index is 13.3. The number of amides is 5. The first-order valence-electron chi connectivity index (χ1n) is 13.0. The number of carbonyl (C=O) groups excluding carboxylic acids is 5. The summed E-state index contributed by atoms with van der Waals surface area (Å²) in [5, 5.41) is 26.0. The molecule has 1 heterocycles. The molecule has 1 saturated heterocycles. The van der Waals surface area contributed by atoms with Crippen molar-refractivity contribution in [3.05, 3.63) is 29.8 Å². The third-order valence-electron chi connectivity index (χ3n) is 6.37. The van der Waals surface area contributed by atoms with Gasteiger partial charge in [-0.3, -0.25) is 28.8 Å². The zero-order valence-electron chi connectivity index (χ0n) is 22.6. The zero-order chi connectivity index (χ0) is 30.0. The van der Waals surface area contributed by atoms with Crippen LogP contribution < -0.4 is 27.4 Å². The van der Waals surface area contributed by atoms with E-state index in [0.717, 1.165) is 0 Å². The third kappa shape index (κ3) is 9.84. The van der Waals surface area contributed by atoms with Crippen molar-refractivity contribution in [1.82, 2.24) is 20.9 Å². The van der Waals surface area contributed by atoms with Crippen LogP contribution >= 0.6 is 0 Å². The summed E-state index contributed by atoms with van der Waals surface area (Å²) in [5.41, 5.74) is 11.9. The van der Waals surface area contributed by atoms with E-state index in [2.05, 4.69) is 16.0 Å². The minimum atomic E-state index is -1.47. The lowest BCUT2D eigenvalue weighted by atomic mass is 10.0. The lowest BCUT2D eigenvalue weighted by Crippen LogP contribution is -2.57. The van der Waals surface area contributed by atoms with Gasteiger partial charge in [-0.1, -0.05) is 26.0 Å². The highest BCUT2D eigenvalue weighted by Crippen LogP contribution is 2.19. The van der Waals surface area contributed by atoms with E-state index in [1.54, 1.807) is 12.1 Å². The van der Waals surface area contributed by atoms with Crippen LogP contribution in [-0.2, 0) is 35.2 Å². The molecule has 1 aliphatic heterocycles. The quantitative estimate of drug-likeness (QED) is 0.137. The van der Waals surface area contributed by atoms with Crippen molar-refractivity contribution in [2.24, 2.45) is 17.4 Å². The Labute approximate surface area is 231 Å². The van der Waals surface area contributed by atoms with E-state index in [-0.39, 0.29) is 31.1 Å². The van der Waals surface area contributed by atoms with Crippen molar-refractivity contribution in [1.29, 1.82) is 0 Å². The number of carbonyl (C=O) groups is 6. The summed E-state index contributed by atoms with van der Waals surface area (Å²) in [4.78, 5) is 75.4. The topological polar surface area (TPSA) is 234 Å². The van der Waals surface area contributed by atoms with Crippen LogP contribution in [0.5, 0.6) is 5.75 Å². The lowest BCUT2D eigenvalue weighted by molar-refractivity contribution is -0.146. The van der Waals surface area contributed by atoms with Crippen LogP contribution in [0.4, 0.5) is 0 Å². The van der Waals surface area contributed by atoms with Crippen molar-refractivity contribution in [2.75, 3.05) is 13.1 Å². The van der Waals surface area contributed by atoms with Gasteiger partial charge in [0.05, 0.1) is 19.0 Å². The van der Waals surface area contributed by atoms with Gasteiger partial charge in [-0.15, -0.1) is 0 Å².